The monoisotopic (exact) mass is 358 g/mol. The first-order valence-electron chi connectivity index (χ1n) is 8.31. The van der Waals surface area contributed by atoms with Crippen LogP contribution in [0, 0.1) is 0 Å². The molecule has 0 aromatic heterocycles. The molecule has 1 aromatic carbocycles. The van der Waals surface area contributed by atoms with Crippen LogP contribution in [0.2, 0.25) is 25.7 Å². The molecule has 0 atom stereocenters. The van der Waals surface area contributed by atoms with Crippen LogP contribution in [-0.4, -0.2) is 27.9 Å². The first-order valence-corrected chi connectivity index (χ1v) is 13.7. The van der Waals surface area contributed by atoms with E-state index in [1.807, 2.05) is 38.1 Å². The molecule has 0 heterocycles. The summed E-state index contributed by atoms with van der Waals surface area (Å²) >= 11 is 0. The minimum Gasteiger partial charge on any atom is -0.377 e. The molecule has 0 amide bonds. The molecule has 0 aliphatic heterocycles. The van der Waals surface area contributed by atoms with Gasteiger partial charge in [-0.2, -0.15) is 0 Å². The average Bonchev–Trinajstić information content (AvgIpc) is 2.43. The van der Waals surface area contributed by atoms with Crippen molar-refractivity contribution in [1.29, 1.82) is 0 Å². The number of hydrogen-bond acceptors (Lipinski definition) is 4. The van der Waals surface area contributed by atoms with Crippen molar-refractivity contribution in [1.82, 2.24) is 0 Å². The summed E-state index contributed by atoms with van der Waals surface area (Å²) in [5, 5.41) is 0. The average molecular weight is 358 g/mol. The van der Waals surface area contributed by atoms with Crippen LogP contribution in [0.3, 0.4) is 0 Å². The summed E-state index contributed by atoms with van der Waals surface area (Å²) in [6, 6.07) is 9.14. The number of ether oxygens (including phenoxy) is 1. The van der Waals surface area contributed by atoms with Gasteiger partial charge in [0.2, 0.25) is 0 Å². The van der Waals surface area contributed by atoms with Gasteiger partial charge < -0.3 is 13.8 Å². The van der Waals surface area contributed by atoms with Gasteiger partial charge in [-0.1, -0.05) is 43.9 Å². The molecule has 132 valence electrons. The van der Waals surface area contributed by atoms with E-state index in [0.717, 1.165) is 23.8 Å². The zero-order valence-electron chi connectivity index (χ0n) is 15.1. The van der Waals surface area contributed by atoms with Gasteiger partial charge in [-0.05, 0) is 31.0 Å². The smallest absolute Gasteiger partial charge is 0.335 e. The molecule has 0 N–H and O–H groups in total. The standard InChI is InChI=1S/C17H31O4PSi/c1-6-20-22(18,21-7-2)15-17-10-8-9-16(13-17)14-19-11-12-23(3,4)5/h8-10,13H,6-7,11-12,14-15H2,1-5H3. The fourth-order valence-corrected chi connectivity index (χ4v) is 4.58. The lowest BCUT2D eigenvalue weighted by atomic mass is 10.1. The van der Waals surface area contributed by atoms with Crippen LogP contribution in [0.25, 0.3) is 0 Å². The van der Waals surface area contributed by atoms with Crippen molar-refractivity contribution < 1.29 is 18.3 Å². The second-order valence-electron chi connectivity index (χ2n) is 6.79. The number of hydrogen-bond donors (Lipinski definition) is 0. The Balaban J connectivity index is 2.60. The van der Waals surface area contributed by atoms with Crippen molar-refractivity contribution in [3.05, 3.63) is 35.4 Å². The molecule has 0 spiro atoms. The van der Waals surface area contributed by atoms with Gasteiger partial charge in [0.1, 0.15) is 0 Å². The van der Waals surface area contributed by atoms with Crippen LogP contribution in [0.4, 0.5) is 0 Å². The second-order valence-corrected chi connectivity index (χ2v) is 14.5. The Morgan fingerprint density at radius 1 is 1.04 bits per heavy atom. The minimum atomic E-state index is -3.05. The molecule has 4 nitrogen and oxygen atoms in total. The summed E-state index contributed by atoms with van der Waals surface area (Å²) < 4.78 is 29.1. The van der Waals surface area contributed by atoms with Gasteiger partial charge in [0.15, 0.2) is 0 Å². The predicted molar refractivity (Wildman–Crippen MR) is 98.8 cm³/mol. The van der Waals surface area contributed by atoms with Gasteiger partial charge >= 0.3 is 7.60 Å². The Bertz CT molecular complexity index is 504. The van der Waals surface area contributed by atoms with E-state index in [0.29, 0.717) is 26.0 Å². The molecule has 0 saturated carbocycles. The SMILES string of the molecule is CCOP(=O)(Cc1cccc(COCC[Si](C)(C)C)c1)OCC. The number of rotatable bonds is 11. The normalized spacial score (nSPS) is 12.6. The summed E-state index contributed by atoms with van der Waals surface area (Å²) in [5.41, 5.74) is 2.05. The minimum absolute atomic E-state index is 0.303. The fraction of sp³-hybridized carbons (Fsp3) is 0.647. The van der Waals surface area contributed by atoms with Crippen LogP contribution in [-0.2, 0) is 31.1 Å². The lowest BCUT2D eigenvalue weighted by molar-refractivity contribution is 0.133. The summed E-state index contributed by atoms with van der Waals surface area (Å²) in [6.45, 7) is 12.8. The molecule has 6 heteroatoms. The van der Waals surface area contributed by atoms with Crippen molar-refractivity contribution in [2.24, 2.45) is 0 Å². The van der Waals surface area contributed by atoms with Gasteiger partial charge in [-0.15, -0.1) is 0 Å². The van der Waals surface area contributed by atoms with Crippen molar-refractivity contribution in [2.75, 3.05) is 19.8 Å². The van der Waals surface area contributed by atoms with E-state index in [-0.39, 0.29) is 0 Å². The van der Waals surface area contributed by atoms with E-state index in [9.17, 15) is 4.57 Å². The van der Waals surface area contributed by atoms with Crippen LogP contribution >= 0.6 is 7.60 Å². The van der Waals surface area contributed by atoms with Crippen LogP contribution < -0.4 is 0 Å². The topological polar surface area (TPSA) is 44.8 Å². The van der Waals surface area contributed by atoms with Gasteiger partial charge in [0, 0.05) is 14.7 Å². The van der Waals surface area contributed by atoms with Crippen LogP contribution in [0.15, 0.2) is 24.3 Å². The Morgan fingerprint density at radius 3 is 2.22 bits per heavy atom. The first kappa shape index (κ1) is 20.6. The maximum Gasteiger partial charge on any atom is 0.335 e. The van der Waals surface area contributed by atoms with Crippen molar-refractivity contribution in [3.63, 3.8) is 0 Å². The zero-order valence-corrected chi connectivity index (χ0v) is 17.0. The quantitative estimate of drug-likeness (QED) is 0.305. The molecule has 0 aliphatic rings. The Labute approximate surface area is 142 Å². The van der Waals surface area contributed by atoms with Crippen molar-refractivity contribution >= 4 is 15.7 Å². The van der Waals surface area contributed by atoms with Gasteiger partial charge in [-0.3, -0.25) is 4.57 Å². The highest BCUT2D eigenvalue weighted by Gasteiger charge is 2.24. The Morgan fingerprint density at radius 2 is 1.65 bits per heavy atom. The zero-order chi connectivity index (χ0) is 17.3. The highest BCUT2D eigenvalue weighted by molar-refractivity contribution is 7.53. The highest BCUT2D eigenvalue weighted by Crippen LogP contribution is 2.51. The maximum absolute atomic E-state index is 12.6. The Hall–Kier alpha value is -0.453. The van der Waals surface area contributed by atoms with Gasteiger partial charge in [0.05, 0.1) is 26.0 Å². The Kier molecular flexibility index (Phi) is 8.73. The summed E-state index contributed by atoms with van der Waals surface area (Å²) in [6.07, 6.45) is 0.303. The molecule has 0 aliphatic carbocycles. The molecule has 23 heavy (non-hydrogen) atoms. The van der Waals surface area contributed by atoms with E-state index in [2.05, 4.69) is 19.6 Å². The van der Waals surface area contributed by atoms with Crippen molar-refractivity contribution in [2.45, 2.75) is 52.3 Å². The van der Waals surface area contributed by atoms with Gasteiger partial charge in [-0.25, -0.2) is 0 Å². The fourth-order valence-electron chi connectivity index (χ4n) is 2.13. The first-order chi connectivity index (χ1) is 10.8. The third-order valence-electron chi connectivity index (χ3n) is 3.28. The van der Waals surface area contributed by atoms with E-state index in [1.54, 1.807) is 0 Å². The number of benzene rings is 1. The lowest BCUT2D eigenvalue weighted by Crippen LogP contribution is -2.21. The third-order valence-corrected chi connectivity index (χ3v) is 7.04. The molecular weight excluding hydrogens is 327 g/mol. The third kappa shape index (κ3) is 8.82. The molecular formula is C17H31O4PSi. The van der Waals surface area contributed by atoms with E-state index in [1.165, 1.54) is 0 Å². The second kappa shape index (κ2) is 9.75. The molecule has 0 radical (unpaired) electrons. The molecule has 0 bridgehead atoms. The molecule has 1 rings (SSSR count). The predicted octanol–water partition coefficient (Wildman–Crippen LogP) is 5.31. The van der Waals surface area contributed by atoms with Crippen LogP contribution in [0.5, 0.6) is 0 Å². The largest absolute Gasteiger partial charge is 0.377 e. The summed E-state index contributed by atoms with van der Waals surface area (Å²) in [5.74, 6) is 0. The molecule has 1 aromatic rings. The molecule has 0 saturated heterocycles. The highest BCUT2D eigenvalue weighted by atomic mass is 31.2. The molecule has 0 fully saturated rings. The van der Waals surface area contributed by atoms with E-state index < -0.39 is 15.7 Å². The lowest BCUT2D eigenvalue weighted by Gasteiger charge is -2.17. The summed E-state index contributed by atoms with van der Waals surface area (Å²) in [7, 11) is -4.10. The molecule has 0 unspecified atom stereocenters. The van der Waals surface area contributed by atoms with E-state index >= 15 is 0 Å². The van der Waals surface area contributed by atoms with Crippen LogP contribution in [0.1, 0.15) is 25.0 Å². The van der Waals surface area contributed by atoms with Crippen molar-refractivity contribution in [3.8, 4) is 0 Å². The van der Waals surface area contributed by atoms with E-state index in [4.69, 9.17) is 13.8 Å². The summed E-state index contributed by atoms with van der Waals surface area (Å²) in [4.78, 5) is 0. The van der Waals surface area contributed by atoms with Gasteiger partial charge in [0.25, 0.3) is 0 Å². The maximum atomic E-state index is 12.6.